The minimum atomic E-state index is -0.223. The molecule has 0 amide bonds. The first-order chi connectivity index (χ1) is 10.2. The van der Waals surface area contributed by atoms with Crippen LogP contribution in [0.15, 0.2) is 29.4 Å². The molecular formula is C16H21FN4. The molecule has 1 heterocycles. The highest BCUT2D eigenvalue weighted by Crippen LogP contribution is 2.20. The summed E-state index contributed by atoms with van der Waals surface area (Å²) in [7, 11) is 0. The highest BCUT2D eigenvalue weighted by Gasteiger charge is 2.14. The van der Waals surface area contributed by atoms with Gasteiger partial charge in [-0.2, -0.15) is 0 Å². The van der Waals surface area contributed by atoms with Gasteiger partial charge in [-0.15, -0.1) is 0 Å². The van der Waals surface area contributed by atoms with Crippen LogP contribution in [0.4, 0.5) is 4.39 Å². The smallest absolute Gasteiger partial charge is 0.188 e. The van der Waals surface area contributed by atoms with Crippen molar-refractivity contribution in [3.05, 3.63) is 35.8 Å². The van der Waals surface area contributed by atoms with E-state index in [4.69, 9.17) is 5.73 Å². The molecule has 4 N–H and O–H groups in total. The lowest BCUT2D eigenvalue weighted by Crippen LogP contribution is -2.38. The van der Waals surface area contributed by atoms with Crippen LogP contribution in [0.1, 0.15) is 31.2 Å². The molecule has 1 aromatic heterocycles. The van der Waals surface area contributed by atoms with Gasteiger partial charge in [-0.1, -0.05) is 12.8 Å². The van der Waals surface area contributed by atoms with E-state index < -0.39 is 0 Å². The van der Waals surface area contributed by atoms with Crippen LogP contribution in [0.25, 0.3) is 10.9 Å². The normalized spacial score (nSPS) is 16.7. The van der Waals surface area contributed by atoms with Crippen molar-refractivity contribution >= 4 is 16.9 Å². The summed E-state index contributed by atoms with van der Waals surface area (Å²) < 4.78 is 13.1. The van der Waals surface area contributed by atoms with E-state index in [2.05, 4.69) is 15.3 Å². The van der Waals surface area contributed by atoms with Gasteiger partial charge in [0.25, 0.3) is 0 Å². The Balaban J connectivity index is 1.58. The lowest BCUT2D eigenvalue weighted by Gasteiger charge is -2.12. The molecule has 0 radical (unpaired) electrons. The lowest BCUT2D eigenvalue weighted by atomic mass is 10.1. The van der Waals surface area contributed by atoms with Crippen LogP contribution < -0.4 is 11.1 Å². The van der Waals surface area contributed by atoms with Gasteiger partial charge in [-0.05, 0) is 43.0 Å². The molecule has 0 unspecified atom stereocenters. The number of fused-ring (bicyclic) bond motifs is 1. The number of nitrogens with zero attached hydrogens (tertiary/aromatic N) is 1. The van der Waals surface area contributed by atoms with E-state index in [9.17, 15) is 4.39 Å². The molecule has 4 nitrogen and oxygen atoms in total. The molecule has 0 aliphatic heterocycles. The van der Waals surface area contributed by atoms with Gasteiger partial charge in [0, 0.05) is 29.7 Å². The zero-order valence-electron chi connectivity index (χ0n) is 12.0. The fourth-order valence-corrected chi connectivity index (χ4v) is 2.99. The van der Waals surface area contributed by atoms with Crippen molar-refractivity contribution in [1.29, 1.82) is 0 Å². The largest absolute Gasteiger partial charge is 0.370 e. The average molecular weight is 288 g/mol. The zero-order chi connectivity index (χ0) is 14.7. The number of hydrogen-bond donors (Lipinski definition) is 3. The number of hydrogen-bond acceptors (Lipinski definition) is 1. The molecule has 0 bridgehead atoms. The quantitative estimate of drug-likeness (QED) is 0.598. The number of nitrogens with one attached hydrogen (secondary N) is 2. The topological polar surface area (TPSA) is 66.2 Å². The summed E-state index contributed by atoms with van der Waals surface area (Å²) in [6.45, 7) is 0.635. The summed E-state index contributed by atoms with van der Waals surface area (Å²) in [5.41, 5.74) is 7.87. The first kappa shape index (κ1) is 13.9. The Bertz CT molecular complexity index is 641. The molecule has 5 heteroatoms. The third-order valence-electron chi connectivity index (χ3n) is 4.10. The molecule has 1 saturated carbocycles. The number of aromatic amines is 1. The Labute approximate surface area is 123 Å². The average Bonchev–Trinajstić information content (AvgIpc) is 3.08. The summed E-state index contributed by atoms with van der Waals surface area (Å²) in [6.07, 6.45) is 7.63. The van der Waals surface area contributed by atoms with Gasteiger partial charge in [0.1, 0.15) is 5.82 Å². The molecule has 0 saturated heterocycles. The highest BCUT2D eigenvalue weighted by atomic mass is 19.1. The van der Waals surface area contributed by atoms with Crippen molar-refractivity contribution in [2.45, 2.75) is 38.1 Å². The van der Waals surface area contributed by atoms with E-state index in [1.165, 1.54) is 37.8 Å². The number of aliphatic imine (C=N–C) groups is 1. The zero-order valence-corrected chi connectivity index (χ0v) is 12.0. The Morgan fingerprint density at radius 2 is 2.19 bits per heavy atom. The van der Waals surface area contributed by atoms with E-state index >= 15 is 0 Å². The van der Waals surface area contributed by atoms with Crippen molar-refractivity contribution < 1.29 is 4.39 Å². The molecule has 1 aliphatic rings. The van der Waals surface area contributed by atoms with Crippen molar-refractivity contribution in [2.75, 3.05) is 6.54 Å². The minimum absolute atomic E-state index is 0.223. The van der Waals surface area contributed by atoms with Crippen LogP contribution in [0.5, 0.6) is 0 Å². The van der Waals surface area contributed by atoms with Gasteiger partial charge in [-0.25, -0.2) is 4.39 Å². The predicted molar refractivity (Wildman–Crippen MR) is 83.8 cm³/mol. The summed E-state index contributed by atoms with van der Waals surface area (Å²) >= 11 is 0. The first-order valence-electron chi connectivity index (χ1n) is 7.54. The van der Waals surface area contributed by atoms with Crippen LogP contribution >= 0.6 is 0 Å². The summed E-state index contributed by atoms with van der Waals surface area (Å²) in [5.74, 6) is 0.312. The Morgan fingerprint density at radius 1 is 1.38 bits per heavy atom. The monoisotopic (exact) mass is 288 g/mol. The fourth-order valence-electron chi connectivity index (χ4n) is 2.99. The SMILES string of the molecule is NC(=NCCc1c[nH]c2cc(F)ccc12)NC1CCCC1. The summed E-state index contributed by atoms with van der Waals surface area (Å²) in [6, 6.07) is 5.29. The van der Waals surface area contributed by atoms with Crippen molar-refractivity contribution in [3.63, 3.8) is 0 Å². The predicted octanol–water partition coefficient (Wildman–Crippen LogP) is 2.70. The van der Waals surface area contributed by atoms with E-state index in [1.807, 2.05) is 6.20 Å². The highest BCUT2D eigenvalue weighted by molar-refractivity contribution is 5.83. The van der Waals surface area contributed by atoms with E-state index in [-0.39, 0.29) is 5.82 Å². The standard InChI is InChI=1S/C16H21FN4/c17-12-5-6-14-11(10-20-15(14)9-12)7-8-19-16(18)21-13-3-1-2-4-13/h5-6,9-10,13,20H,1-4,7-8H2,(H3,18,19,21). The molecule has 0 spiro atoms. The second-order valence-corrected chi connectivity index (χ2v) is 5.65. The van der Waals surface area contributed by atoms with E-state index in [1.54, 1.807) is 6.07 Å². The maximum Gasteiger partial charge on any atom is 0.188 e. The fraction of sp³-hybridized carbons (Fsp3) is 0.438. The van der Waals surface area contributed by atoms with Crippen molar-refractivity contribution in [2.24, 2.45) is 10.7 Å². The second kappa shape index (κ2) is 6.16. The Hall–Kier alpha value is -2.04. The van der Waals surface area contributed by atoms with Crippen molar-refractivity contribution in [3.8, 4) is 0 Å². The molecule has 2 aromatic rings. The number of aromatic nitrogens is 1. The van der Waals surface area contributed by atoms with Crippen molar-refractivity contribution in [1.82, 2.24) is 10.3 Å². The van der Waals surface area contributed by atoms with Gasteiger partial charge < -0.3 is 16.0 Å². The molecule has 1 fully saturated rings. The molecule has 112 valence electrons. The molecule has 21 heavy (non-hydrogen) atoms. The van der Waals surface area contributed by atoms with Gasteiger partial charge in [-0.3, -0.25) is 4.99 Å². The number of H-pyrrole nitrogens is 1. The second-order valence-electron chi connectivity index (χ2n) is 5.65. The lowest BCUT2D eigenvalue weighted by molar-refractivity contribution is 0.625. The Kier molecular flexibility index (Phi) is 4.08. The maximum atomic E-state index is 13.1. The maximum absolute atomic E-state index is 13.1. The third kappa shape index (κ3) is 3.35. The van der Waals surface area contributed by atoms with Crippen LogP contribution in [-0.4, -0.2) is 23.5 Å². The molecular weight excluding hydrogens is 267 g/mol. The van der Waals surface area contributed by atoms with Gasteiger partial charge in [0.2, 0.25) is 0 Å². The van der Waals surface area contributed by atoms with Gasteiger partial charge in [0.15, 0.2) is 5.96 Å². The third-order valence-corrected chi connectivity index (χ3v) is 4.10. The van der Waals surface area contributed by atoms with Gasteiger partial charge >= 0.3 is 0 Å². The molecule has 1 aromatic carbocycles. The van der Waals surface area contributed by atoms with Gasteiger partial charge in [0.05, 0.1) is 0 Å². The van der Waals surface area contributed by atoms with Crippen LogP contribution in [-0.2, 0) is 6.42 Å². The minimum Gasteiger partial charge on any atom is -0.370 e. The number of guanidine groups is 1. The van der Waals surface area contributed by atoms with Crippen LogP contribution in [0, 0.1) is 5.82 Å². The number of halogens is 1. The van der Waals surface area contributed by atoms with Crippen LogP contribution in [0.2, 0.25) is 0 Å². The summed E-state index contributed by atoms with van der Waals surface area (Å²) in [5, 5.41) is 4.32. The summed E-state index contributed by atoms with van der Waals surface area (Å²) in [4.78, 5) is 7.47. The molecule has 1 aliphatic carbocycles. The number of benzene rings is 1. The molecule has 0 atom stereocenters. The molecule has 3 rings (SSSR count). The Morgan fingerprint density at radius 3 is 3.00 bits per heavy atom. The van der Waals surface area contributed by atoms with E-state index in [0.717, 1.165) is 22.9 Å². The first-order valence-corrected chi connectivity index (χ1v) is 7.54. The van der Waals surface area contributed by atoms with Crippen LogP contribution in [0.3, 0.4) is 0 Å². The number of rotatable bonds is 4. The number of nitrogens with two attached hydrogens (primary N) is 1. The van der Waals surface area contributed by atoms with E-state index in [0.29, 0.717) is 18.5 Å².